The molecule has 0 radical (unpaired) electrons. The Hall–Kier alpha value is -2.04. The average Bonchev–Trinajstić information content (AvgIpc) is 2.44. The molecule has 2 amide bonds. The van der Waals surface area contributed by atoms with Crippen molar-refractivity contribution in [3.63, 3.8) is 0 Å². The van der Waals surface area contributed by atoms with E-state index in [1.807, 2.05) is 6.92 Å². The second-order valence-corrected chi connectivity index (χ2v) is 5.95. The van der Waals surface area contributed by atoms with Gasteiger partial charge in [0.25, 0.3) is 11.8 Å². The number of carbonyl (C=O) groups excluding carboxylic acids is 2. The molecule has 0 saturated carbocycles. The first kappa shape index (κ1) is 18.0. The second kappa shape index (κ2) is 9.07. The number of para-hydroxylation sites is 1. The minimum Gasteiger partial charge on any atom is -0.483 e. The highest BCUT2D eigenvalue weighted by atomic mass is 16.5. The molecule has 0 aromatic heterocycles. The van der Waals surface area contributed by atoms with Crippen LogP contribution in [0, 0.1) is 5.92 Å². The molecule has 0 aliphatic carbocycles. The molecular weight excluding hydrogens is 280 g/mol. The SMILES string of the molecule is CC(C)CCCC(C)NC(=O)c1ccccc1OCC(N)=O. The number of benzene rings is 1. The van der Waals surface area contributed by atoms with E-state index in [-0.39, 0.29) is 18.6 Å². The maximum Gasteiger partial charge on any atom is 0.255 e. The van der Waals surface area contributed by atoms with Crippen molar-refractivity contribution in [3.05, 3.63) is 29.8 Å². The highest BCUT2D eigenvalue weighted by molar-refractivity contribution is 5.97. The average molecular weight is 306 g/mol. The molecule has 22 heavy (non-hydrogen) atoms. The van der Waals surface area contributed by atoms with Crippen LogP contribution < -0.4 is 15.8 Å². The Kier molecular flexibility index (Phi) is 7.43. The number of hydrogen-bond donors (Lipinski definition) is 2. The zero-order chi connectivity index (χ0) is 16.5. The third-order valence-electron chi connectivity index (χ3n) is 3.30. The Balaban J connectivity index is 2.59. The van der Waals surface area contributed by atoms with Crippen molar-refractivity contribution in [3.8, 4) is 5.75 Å². The van der Waals surface area contributed by atoms with Gasteiger partial charge in [0, 0.05) is 6.04 Å². The molecule has 5 nitrogen and oxygen atoms in total. The Labute approximate surface area is 132 Å². The fourth-order valence-electron chi connectivity index (χ4n) is 2.13. The molecule has 0 spiro atoms. The van der Waals surface area contributed by atoms with Gasteiger partial charge in [-0.3, -0.25) is 9.59 Å². The van der Waals surface area contributed by atoms with Crippen LogP contribution in [0.1, 0.15) is 50.4 Å². The maximum atomic E-state index is 12.3. The fourth-order valence-corrected chi connectivity index (χ4v) is 2.13. The van der Waals surface area contributed by atoms with Crippen molar-refractivity contribution >= 4 is 11.8 Å². The molecule has 0 aliphatic heterocycles. The maximum absolute atomic E-state index is 12.3. The first-order valence-corrected chi connectivity index (χ1v) is 7.71. The summed E-state index contributed by atoms with van der Waals surface area (Å²) in [7, 11) is 0. The molecule has 1 atom stereocenters. The molecule has 0 bridgehead atoms. The normalized spacial score (nSPS) is 12.0. The Morgan fingerprint density at radius 1 is 1.18 bits per heavy atom. The summed E-state index contributed by atoms with van der Waals surface area (Å²) >= 11 is 0. The summed E-state index contributed by atoms with van der Waals surface area (Å²) in [5, 5.41) is 2.96. The third kappa shape index (κ3) is 6.61. The number of rotatable bonds is 9. The van der Waals surface area contributed by atoms with Gasteiger partial charge in [-0.1, -0.05) is 38.8 Å². The van der Waals surface area contributed by atoms with Crippen LogP contribution in [0.3, 0.4) is 0 Å². The summed E-state index contributed by atoms with van der Waals surface area (Å²) in [6.07, 6.45) is 3.17. The van der Waals surface area contributed by atoms with E-state index >= 15 is 0 Å². The van der Waals surface area contributed by atoms with Crippen LogP contribution in [0.25, 0.3) is 0 Å². The van der Waals surface area contributed by atoms with Gasteiger partial charge in [0.15, 0.2) is 6.61 Å². The van der Waals surface area contributed by atoms with Gasteiger partial charge in [0.1, 0.15) is 5.75 Å². The molecule has 122 valence electrons. The summed E-state index contributed by atoms with van der Waals surface area (Å²) in [5.41, 5.74) is 5.48. The van der Waals surface area contributed by atoms with Crippen molar-refractivity contribution in [1.29, 1.82) is 0 Å². The first-order valence-electron chi connectivity index (χ1n) is 7.71. The van der Waals surface area contributed by atoms with Crippen LogP contribution in [0.15, 0.2) is 24.3 Å². The topological polar surface area (TPSA) is 81.4 Å². The zero-order valence-electron chi connectivity index (χ0n) is 13.6. The molecule has 5 heteroatoms. The molecular formula is C17H26N2O3. The fraction of sp³-hybridized carbons (Fsp3) is 0.529. The van der Waals surface area contributed by atoms with Gasteiger partial charge in [0.05, 0.1) is 5.56 Å². The van der Waals surface area contributed by atoms with Crippen LogP contribution in [0.2, 0.25) is 0 Å². The molecule has 0 fully saturated rings. The van der Waals surface area contributed by atoms with Crippen molar-refractivity contribution in [2.75, 3.05) is 6.61 Å². The zero-order valence-corrected chi connectivity index (χ0v) is 13.6. The molecule has 1 unspecified atom stereocenters. The van der Waals surface area contributed by atoms with E-state index < -0.39 is 5.91 Å². The highest BCUT2D eigenvalue weighted by Gasteiger charge is 2.15. The summed E-state index contributed by atoms with van der Waals surface area (Å²) in [4.78, 5) is 23.1. The van der Waals surface area contributed by atoms with Crippen LogP contribution in [0.5, 0.6) is 5.75 Å². The third-order valence-corrected chi connectivity index (χ3v) is 3.30. The predicted molar refractivity (Wildman–Crippen MR) is 86.7 cm³/mol. The van der Waals surface area contributed by atoms with Gasteiger partial charge >= 0.3 is 0 Å². The van der Waals surface area contributed by atoms with Crippen molar-refractivity contribution in [2.45, 2.75) is 46.1 Å². The molecule has 3 N–H and O–H groups in total. The number of hydrogen-bond acceptors (Lipinski definition) is 3. The van der Waals surface area contributed by atoms with Crippen molar-refractivity contribution in [2.24, 2.45) is 11.7 Å². The smallest absolute Gasteiger partial charge is 0.255 e. The van der Waals surface area contributed by atoms with Gasteiger partial charge in [0.2, 0.25) is 0 Å². The summed E-state index contributed by atoms with van der Waals surface area (Å²) in [5.74, 6) is 0.272. The van der Waals surface area contributed by atoms with Crippen LogP contribution in [0.4, 0.5) is 0 Å². The van der Waals surface area contributed by atoms with E-state index in [4.69, 9.17) is 10.5 Å². The van der Waals surface area contributed by atoms with Crippen LogP contribution >= 0.6 is 0 Å². The monoisotopic (exact) mass is 306 g/mol. The first-order chi connectivity index (χ1) is 10.4. The van der Waals surface area contributed by atoms with Gasteiger partial charge in [-0.05, 0) is 31.4 Å². The van der Waals surface area contributed by atoms with E-state index in [9.17, 15) is 9.59 Å². The van der Waals surface area contributed by atoms with Crippen LogP contribution in [-0.2, 0) is 4.79 Å². The Bertz CT molecular complexity index is 500. The van der Waals surface area contributed by atoms with Crippen molar-refractivity contribution < 1.29 is 14.3 Å². The molecule has 0 saturated heterocycles. The predicted octanol–water partition coefficient (Wildman–Crippen LogP) is 2.50. The van der Waals surface area contributed by atoms with Gasteiger partial charge in [-0.15, -0.1) is 0 Å². The molecule has 1 aromatic rings. The highest BCUT2D eigenvalue weighted by Crippen LogP contribution is 2.18. The molecule has 1 aromatic carbocycles. The van der Waals surface area contributed by atoms with E-state index in [0.29, 0.717) is 17.2 Å². The quantitative estimate of drug-likeness (QED) is 0.735. The number of carbonyl (C=O) groups is 2. The number of nitrogens with two attached hydrogens (primary N) is 1. The van der Waals surface area contributed by atoms with E-state index in [1.165, 1.54) is 0 Å². The Morgan fingerprint density at radius 2 is 1.86 bits per heavy atom. The minimum atomic E-state index is -0.572. The number of primary amides is 1. The number of nitrogens with one attached hydrogen (secondary N) is 1. The lowest BCUT2D eigenvalue weighted by atomic mass is 10.0. The molecule has 0 heterocycles. The van der Waals surface area contributed by atoms with Gasteiger partial charge < -0.3 is 15.8 Å². The van der Waals surface area contributed by atoms with Crippen LogP contribution in [-0.4, -0.2) is 24.5 Å². The molecule has 1 rings (SSSR count). The number of amides is 2. The molecule has 0 aliphatic rings. The van der Waals surface area contributed by atoms with Gasteiger partial charge in [-0.25, -0.2) is 0 Å². The van der Waals surface area contributed by atoms with E-state index in [2.05, 4.69) is 19.2 Å². The number of ether oxygens (including phenoxy) is 1. The van der Waals surface area contributed by atoms with E-state index in [1.54, 1.807) is 24.3 Å². The lowest BCUT2D eigenvalue weighted by molar-refractivity contribution is -0.119. The standard InChI is InChI=1S/C17H26N2O3/c1-12(2)7-6-8-13(3)19-17(21)14-9-4-5-10-15(14)22-11-16(18)20/h4-5,9-10,12-13H,6-8,11H2,1-3H3,(H2,18,20)(H,19,21). The summed E-state index contributed by atoms with van der Waals surface area (Å²) < 4.78 is 5.28. The Morgan fingerprint density at radius 3 is 2.50 bits per heavy atom. The summed E-state index contributed by atoms with van der Waals surface area (Å²) in [6, 6.07) is 6.93. The summed E-state index contributed by atoms with van der Waals surface area (Å²) in [6.45, 7) is 6.13. The lowest BCUT2D eigenvalue weighted by Crippen LogP contribution is -2.33. The largest absolute Gasteiger partial charge is 0.483 e. The lowest BCUT2D eigenvalue weighted by Gasteiger charge is -2.16. The van der Waals surface area contributed by atoms with Gasteiger partial charge in [-0.2, -0.15) is 0 Å². The van der Waals surface area contributed by atoms with Crippen molar-refractivity contribution in [1.82, 2.24) is 5.32 Å². The second-order valence-electron chi connectivity index (χ2n) is 5.95. The minimum absolute atomic E-state index is 0.0930. The van der Waals surface area contributed by atoms with E-state index in [0.717, 1.165) is 19.3 Å².